The molecule has 26 heavy (non-hydrogen) atoms. The van der Waals surface area contributed by atoms with Crippen LogP contribution < -0.4 is 10.9 Å². The Morgan fingerprint density at radius 3 is 2.85 bits per heavy atom. The number of H-pyrrole nitrogens is 1. The molecule has 0 fully saturated rings. The lowest BCUT2D eigenvalue weighted by atomic mass is 10.2. The van der Waals surface area contributed by atoms with E-state index in [1.807, 2.05) is 30.3 Å². The molecule has 7 heteroatoms. The minimum absolute atomic E-state index is 0.0774. The lowest BCUT2D eigenvalue weighted by Crippen LogP contribution is -2.29. The Hall–Kier alpha value is -3.19. The van der Waals surface area contributed by atoms with Crippen LogP contribution in [0.1, 0.15) is 21.8 Å². The first kappa shape index (κ1) is 16.3. The molecule has 0 aliphatic rings. The van der Waals surface area contributed by atoms with Crippen molar-refractivity contribution in [2.75, 3.05) is 0 Å². The number of para-hydroxylation sites is 1. The highest BCUT2D eigenvalue weighted by atomic mass is 32.1. The summed E-state index contributed by atoms with van der Waals surface area (Å²) in [5, 5.41) is 3.49. The molecule has 130 valence electrons. The number of pyridine rings is 1. The van der Waals surface area contributed by atoms with Gasteiger partial charge >= 0.3 is 0 Å². The average Bonchev–Trinajstić information content (AvgIpc) is 3.26. The van der Waals surface area contributed by atoms with Gasteiger partial charge in [-0.3, -0.25) is 9.59 Å². The summed E-state index contributed by atoms with van der Waals surface area (Å²) in [6.45, 7) is 1.95. The third-order valence-electron chi connectivity index (χ3n) is 3.89. The van der Waals surface area contributed by atoms with Crippen LogP contribution >= 0.6 is 11.3 Å². The maximum Gasteiger partial charge on any atom is 0.260 e. The minimum Gasteiger partial charge on any atom is -0.457 e. The number of thiazole rings is 1. The summed E-state index contributed by atoms with van der Waals surface area (Å²) in [4.78, 5) is 31.1. The van der Waals surface area contributed by atoms with E-state index in [9.17, 15) is 9.59 Å². The molecule has 6 nitrogen and oxygen atoms in total. The van der Waals surface area contributed by atoms with E-state index in [4.69, 9.17) is 4.42 Å². The minimum atomic E-state index is -0.441. The Balaban J connectivity index is 1.48. The van der Waals surface area contributed by atoms with E-state index in [0.29, 0.717) is 17.2 Å². The highest BCUT2D eigenvalue weighted by molar-refractivity contribution is 7.21. The number of aromatic amines is 1. The quantitative estimate of drug-likeness (QED) is 0.579. The maximum absolute atomic E-state index is 12.2. The van der Waals surface area contributed by atoms with Crippen LogP contribution in [-0.2, 0) is 6.54 Å². The molecule has 0 unspecified atom stereocenters. The van der Waals surface area contributed by atoms with Gasteiger partial charge in [-0.1, -0.05) is 12.1 Å². The van der Waals surface area contributed by atoms with Gasteiger partial charge in [0, 0.05) is 5.69 Å². The third kappa shape index (κ3) is 3.16. The van der Waals surface area contributed by atoms with Crippen molar-refractivity contribution < 1.29 is 9.21 Å². The topological polar surface area (TPSA) is 88.0 Å². The molecule has 0 aliphatic carbocycles. The van der Waals surface area contributed by atoms with Gasteiger partial charge < -0.3 is 14.7 Å². The number of aryl methyl sites for hydroxylation is 1. The van der Waals surface area contributed by atoms with E-state index in [-0.39, 0.29) is 12.1 Å². The fraction of sp³-hybridized carbons (Fsp3) is 0.105. The van der Waals surface area contributed by atoms with Crippen molar-refractivity contribution in [1.29, 1.82) is 0 Å². The fourth-order valence-electron chi connectivity index (χ4n) is 2.58. The number of rotatable bonds is 4. The number of aromatic nitrogens is 2. The van der Waals surface area contributed by atoms with Crippen molar-refractivity contribution >= 4 is 27.5 Å². The Labute approximate surface area is 152 Å². The van der Waals surface area contributed by atoms with Gasteiger partial charge in [-0.2, -0.15) is 0 Å². The van der Waals surface area contributed by atoms with Gasteiger partial charge in [0.15, 0.2) is 10.8 Å². The Bertz CT molecular complexity index is 1120. The number of hydrogen-bond donors (Lipinski definition) is 2. The monoisotopic (exact) mass is 365 g/mol. The number of fused-ring (bicyclic) bond motifs is 1. The first-order chi connectivity index (χ1) is 12.6. The largest absolute Gasteiger partial charge is 0.457 e. The predicted octanol–water partition coefficient (Wildman–Crippen LogP) is 3.48. The summed E-state index contributed by atoms with van der Waals surface area (Å²) in [5.74, 6) is 0.809. The van der Waals surface area contributed by atoms with Crippen molar-refractivity contribution in [1.82, 2.24) is 15.3 Å². The zero-order valence-corrected chi connectivity index (χ0v) is 14.7. The van der Waals surface area contributed by atoms with E-state index >= 15 is 0 Å². The molecule has 3 heterocycles. The number of furan rings is 1. The number of nitrogens with one attached hydrogen (secondary N) is 2. The van der Waals surface area contributed by atoms with Gasteiger partial charge in [0.1, 0.15) is 11.3 Å². The molecule has 2 N–H and O–H groups in total. The first-order valence-corrected chi connectivity index (χ1v) is 8.84. The predicted molar refractivity (Wildman–Crippen MR) is 100 cm³/mol. The van der Waals surface area contributed by atoms with Gasteiger partial charge in [-0.05, 0) is 43.3 Å². The first-order valence-electron chi connectivity index (χ1n) is 8.03. The lowest BCUT2D eigenvalue weighted by Gasteiger charge is -2.03. The molecular weight excluding hydrogens is 350 g/mol. The second-order valence-corrected chi connectivity index (χ2v) is 6.85. The Morgan fingerprint density at radius 2 is 2.04 bits per heavy atom. The van der Waals surface area contributed by atoms with Crippen molar-refractivity contribution in [3.63, 3.8) is 0 Å². The number of benzene rings is 1. The second kappa shape index (κ2) is 6.61. The molecule has 0 saturated carbocycles. The van der Waals surface area contributed by atoms with Gasteiger partial charge in [0.05, 0.1) is 16.8 Å². The molecule has 4 rings (SSSR count). The number of hydrogen-bond acceptors (Lipinski definition) is 5. The summed E-state index contributed by atoms with van der Waals surface area (Å²) in [6, 6.07) is 14.7. The number of amides is 1. The number of nitrogens with zero attached hydrogens (tertiary/aromatic N) is 1. The maximum atomic E-state index is 12.2. The van der Waals surface area contributed by atoms with Crippen LogP contribution in [0.5, 0.6) is 0 Å². The summed E-state index contributed by atoms with van der Waals surface area (Å²) >= 11 is 1.55. The van der Waals surface area contributed by atoms with E-state index in [0.717, 1.165) is 15.2 Å². The summed E-state index contributed by atoms with van der Waals surface area (Å²) < 4.78 is 6.87. The highest BCUT2D eigenvalue weighted by Gasteiger charge is 2.13. The van der Waals surface area contributed by atoms with Crippen LogP contribution in [0.15, 0.2) is 57.7 Å². The van der Waals surface area contributed by atoms with Crippen LogP contribution in [0.25, 0.3) is 21.0 Å². The van der Waals surface area contributed by atoms with Crippen LogP contribution in [0.2, 0.25) is 0 Å². The Kier molecular flexibility index (Phi) is 4.14. The molecule has 0 radical (unpaired) electrons. The van der Waals surface area contributed by atoms with Gasteiger partial charge in [0.25, 0.3) is 11.5 Å². The van der Waals surface area contributed by atoms with E-state index < -0.39 is 11.5 Å². The Morgan fingerprint density at radius 1 is 1.19 bits per heavy atom. The van der Waals surface area contributed by atoms with Crippen molar-refractivity contribution in [2.24, 2.45) is 0 Å². The standard InChI is InChI=1S/C19H15N3O3S/c1-11-6-8-13(18(24)21-11)17(23)20-10-12-7-9-15(25-12)19-22-14-4-2-3-5-16(14)26-19/h2-9H,10H2,1H3,(H,20,23)(H,21,24). The number of carbonyl (C=O) groups is 1. The highest BCUT2D eigenvalue weighted by Crippen LogP contribution is 2.31. The third-order valence-corrected chi connectivity index (χ3v) is 4.94. The molecular formula is C19H15N3O3S. The zero-order valence-electron chi connectivity index (χ0n) is 13.9. The van der Waals surface area contributed by atoms with E-state index in [1.165, 1.54) is 6.07 Å². The molecule has 4 aromatic rings. The van der Waals surface area contributed by atoms with Gasteiger partial charge in [-0.15, -0.1) is 11.3 Å². The molecule has 1 amide bonds. The van der Waals surface area contributed by atoms with Crippen molar-refractivity contribution in [2.45, 2.75) is 13.5 Å². The molecule has 0 spiro atoms. The molecule has 0 atom stereocenters. The summed E-state index contributed by atoms with van der Waals surface area (Å²) in [7, 11) is 0. The second-order valence-electron chi connectivity index (χ2n) is 5.82. The van der Waals surface area contributed by atoms with Crippen LogP contribution in [0, 0.1) is 6.92 Å². The molecule has 0 saturated heterocycles. The normalized spacial score (nSPS) is 11.0. The molecule has 0 aliphatic heterocycles. The zero-order chi connectivity index (χ0) is 18.1. The average molecular weight is 365 g/mol. The molecule has 3 aromatic heterocycles. The fourth-order valence-corrected chi connectivity index (χ4v) is 3.51. The smallest absolute Gasteiger partial charge is 0.260 e. The van der Waals surface area contributed by atoms with Crippen molar-refractivity contribution in [3.05, 3.63) is 75.9 Å². The number of carbonyl (C=O) groups excluding carboxylic acids is 1. The lowest BCUT2D eigenvalue weighted by molar-refractivity contribution is 0.0946. The SMILES string of the molecule is Cc1ccc(C(=O)NCc2ccc(-c3nc4ccccc4s3)o2)c(=O)[nH]1. The van der Waals surface area contributed by atoms with Crippen molar-refractivity contribution in [3.8, 4) is 10.8 Å². The summed E-state index contributed by atoms with van der Waals surface area (Å²) in [5.41, 5.74) is 1.31. The van der Waals surface area contributed by atoms with Gasteiger partial charge in [-0.25, -0.2) is 4.98 Å². The van der Waals surface area contributed by atoms with E-state index in [1.54, 1.807) is 30.4 Å². The van der Waals surface area contributed by atoms with E-state index in [2.05, 4.69) is 15.3 Å². The van der Waals surface area contributed by atoms with Crippen LogP contribution in [0.4, 0.5) is 0 Å². The van der Waals surface area contributed by atoms with Crippen LogP contribution in [0.3, 0.4) is 0 Å². The summed E-state index contributed by atoms with van der Waals surface area (Å²) in [6.07, 6.45) is 0. The molecule has 0 bridgehead atoms. The molecule has 1 aromatic carbocycles. The van der Waals surface area contributed by atoms with Gasteiger partial charge in [0.2, 0.25) is 0 Å². The van der Waals surface area contributed by atoms with Crippen LogP contribution in [-0.4, -0.2) is 15.9 Å².